The van der Waals surface area contributed by atoms with Crippen LogP contribution in [0.1, 0.15) is 37.6 Å². The predicted molar refractivity (Wildman–Crippen MR) is 86.1 cm³/mol. The van der Waals surface area contributed by atoms with Gasteiger partial charge in [0.15, 0.2) is 0 Å². The lowest BCUT2D eigenvalue weighted by Gasteiger charge is -2.35. The third-order valence-corrected chi connectivity index (χ3v) is 3.72. The van der Waals surface area contributed by atoms with Gasteiger partial charge in [-0.1, -0.05) is 18.5 Å². The number of halogens is 1. The van der Waals surface area contributed by atoms with E-state index in [9.17, 15) is 4.79 Å². The summed E-state index contributed by atoms with van der Waals surface area (Å²) in [5.41, 5.74) is 1.48. The summed E-state index contributed by atoms with van der Waals surface area (Å²) in [6, 6.07) is 5.42. The summed E-state index contributed by atoms with van der Waals surface area (Å²) in [7, 11) is 0. The second kappa shape index (κ2) is 7.14. The Morgan fingerprint density at radius 1 is 1.38 bits per heavy atom. The van der Waals surface area contributed by atoms with Gasteiger partial charge in [-0.15, -0.1) is 0 Å². The molecule has 0 aliphatic carbocycles. The van der Waals surface area contributed by atoms with Crippen molar-refractivity contribution in [3.05, 3.63) is 28.8 Å². The van der Waals surface area contributed by atoms with E-state index in [2.05, 4.69) is 12.2 Å². The average Bonchev–Trinajstić information content (AvgIpc) is 2.44. The fourth-order valence-electron chi connectivity index (χ4n) is 2.62. The maximum absolute atomic E-state index is 12.8. The van der Waals surface area contributed by atoms with E-state index in [-0.39, 0.29) is 18.1 Å². The first-order valence-electron chi connectivity index (χ1n) is 7.49. The number of anilines is 1. The maximum atomic E-state index is 12.8. The van der Waals surface area contributed by atoms with Crippen molar-refractivity contribution in [3.8, 4) is 0 Å². The monoisotopic (exact) mass is 310 g/mol. The molecule has 1 heterocycles. The van der Waals surface area contributed by atoms with Crippen LogP contribution in [-0.2, 0) is 4.74 Å². The molecule has 2 rings (SSSR count). The van der Waals surface area contributed by atoms with Crippen molar-refractivity contribution in [3.63, 3.8) is 0 Å². The fourth-order valence-corrected chi connectivity index (χ4v) is 2.79. The number of hydrogen-bond donors (Lipinski definition) is 1. The number of ether oxygens (including phenoxy) is 1. The van der Waals surface area contributed by atoms with Crippen LogP contribution in [-0.4, -0.2) is 42.6 Å². The zero-order chi connectivity index (χ0) is 15.4. The van der Waals surface area contributed by atoms with Crippen LogP contribution in [0, 0.1) is 0 Å². The first-order valence-corrected chi connectivity index (χ1v) is 7.87. The first-order chi connectivity index (χ1) is 10.0. The molecule has 1 saturated heterocycles. The summed E-state index contributed by atoms with van der Waals surface area (Å²) in [4.78, 5) is 14.6. The van der Waals surface area contributed by atoms with Crippen molar-refractivity contribution < 1.29 is 9.53 Å². The molecule has 1 aromatic carbocycles. The van der Waals surface area contributed by atoms with Crippen LogP contribution in [0.5, 0.6) is 0 Å². The number of amides is 1. The van der Waals surface area contributed by atoms with E-state index in [4.69, 9.17) is 16.3 Å². The van der Waals surface area contributed by atoms with Gasteiger partial charge in [-0.3, -0.25) is 4.79 Å². The molecule has 1 aliphatic heterocycles. The van der Waals surface area contributed by atoms with Gasteiger partial charge >= 0.3 is 0 Å². The number of nitrogens with zero attached hydrogens (tertiary/aromatic N) is 1. The molecule has 0 spiro atoms. The van der Waals surface area contributed by atoms with Gasteiger partial charge in [-0.05, 0) is 38.5 Å². The van der Waals surface area contributed by atoms with E-state index in [1.165, 1.54) is 0 Å². The van der Waals surface area contributed by atoms with Crippen LogP contribution in [0.3, 0.4) is 0 Å². The van der Waals surface area contributed by atoms with Gasteiger partial charge in [0.05, 0.1) is 17.8 Å². The lowest BCUT2D eigenvalue weighted by atomic mass is 10.1. The van der Waals surface area contributed by atoms with Gasteiger partial charge in [0.1, 0.15) is 0 Å². The van der Waals surface area contributed by atoms with Gasteiger partial charge in [0, 0.05) is 30.3 Å². The summed E-state index contributed by atoms with van der Waals surface area (Å²) < 4.78 is 5.69. The summed E-state index contributed by atoms with van der Waals surface area (Å²) in [5.74, 6) is 0.0121. The van der Waals surface area contributed by atoms with Gasteiger partial charge < -0.3 is 15.0 Å². The first kappa shape index (κ1) is 16.1. The number of carbonyl (C=O) groups excluding carboxylic acids is 1. The predicted octanol–water partition coefficient (Wildman–Crippen LogP) is 3.41. The summed E-state index contributed by atoms with van der Waals surface area (Å²) >= 11 is 6.07. The number of hydrogen-bond acceptors (Lipinski definition) is 3. The maximum Gasteiger partial charge on any atom is 0.256 e. The quantitative estimate of drug-likeness (QED) is 0.926. The van der Waals surface area contributed by atoms with Crippen LogP contribution in [0.15, 0.2) is 18.2 Å². The van der Waals surface area contributed by atoms with E-state index in [0.29, 0.717) is 23.7 Å². The highest BCUT2D eigenvalue weighted by molar-refractivity contribution is 6.31. The number of nitrogens with one attached hydrogen (secondary N) is 1. The molecule has 0 bridgehead atoms. The Bertz CT molecular complexity index is 497. The normalized spacial score (nSPS) is 22.2. The van der Waals surface area contributed by atoms with Crippen molar-refractivity contribution in [2.75, 3.05) is 25.0 Å². The Kier molecular flexibility index (Phi) is 5.48. The van der Waals surface area contributed by atoms with E-state index in [0.717, 1.165) is 18.7 Å². The third kappa shape index (κ3) is 4.11. The molecule has 0 radical (unpaired) electrons. The molecule has 0 unspecified atom stereocenters. The topological polar surface area (TPSA) is 41.6 Å². The molecule has 4 nitrogen and oxygen atoms in total. The highest BCUT2D eigenvalue weighted by atomic mass is 35.5. The minimum Gasteiger partial charge on any atom is -0.384 e. The van der Waals surface area contributed by atoms with Gasteiger partial charge in [0.2, 0.25) is 0 Å². The van der Waals surface area contributed by atoms with Crippen LogP contribution in [0.25, 0.3) is 0 Å². The van der Waals surface area contributed by atoms with Crippen molar-refractivity contribution in [2.24, 2.45) is 0 Å². The molecule has 1 N–H and O–H groups in total. The molecule has 2 atom stereocenters. The summed E-state index contributed by atoms with van der Waals surface area (Å²) in [6.45, 7) is 8.13. The Balaban J connectivity index is 2.22. The molecule has 1 fully saturated rings. The molecule has 0 saturated carbocycles. The molecule has 21 heavy (non-hydrogen) atoms. The number of carbonyl (C=O) groups is 1. The Morgan fingerprint density at radius 2 is 2.05 bits per heavy atom. The largest absolute Gasteiger partial charge is 0.384 e. The summed E-state index contributed by atoms with van der Waals surface area (Å²) in [5, 5.41) is 3.87. The smallest absolute Gasteiger partial charge is 0.256 e. The molecule has 116 valence electrons. The second-order valence-corrected chi connectivity index (χ2v) is 6.02. The molecule has 1 aliphatic rings. The standard InChI is InChI=1S/C16H23ClN2O2/c1-4-7-18-15-6-5-13(17)8-14(15)16(20)19-9-11(2)21-12(3)10-19/h5-6,8,11-12,18H,4,7,9-10H2,1-3H3/t11-,12+. The molecule has 5 heteroatoms. The minimum atomic E-state index is 0.0121. The van der Waals surface area contributed by atoms with Crippen LogP contribution in [0.2, 0.25) is 5.02 Å². The SMILES string of the molecule is CCCNc1ccc(Cl)cc1C(=O)N1C[C@@H](C)O[C@@H](C)C1. The molecule has 0 aromatic heterocycles. The zero-order valence-corrected chi connectivity index (χ0v) is 13.6. The number of morpholine rings is 1. The van der Waals surface area contributed by atoms with Crippen LogP contribution in [0.4, 0.5) is 5.69 Å². The highest BCUT2D eigenvalue weighted by Gasteiger charge is 2.27. The van der Waals surface area contributed by atoms with Crippen molar-refractivity contribution in [2.45, 2.75) is 39.4 Å². The van der Waals surface area contributed by atoms with E-state index >= 15 is 0 Å². The van der Waals surface area contributed by atoms with E-state index in [1.807, 2.05) is 24.8 Å². The van der Waals surface area contributed by atoms with E-state index in [1.54, 1.807) is 12.1 Å². The van der Waals surface area contributed by atoms with Crippen molar-refractivity contribution >= 4 is 23.2 Å². The molecular weight excluding hydrogens is 288 g/mol. The third-order valence-electron chi connectivity index (χ3n) is 3.48. The molecular formula is C16H23ClN2O2. The Labute approximate surface area is 131 Å². The second-order valence-electron chi connectivity index (χ2n) is 5.58. The number of benzene rings is 1. The highest BCUT2D eigenvalue weighted by Crippen LogP contribution is 2.24. The molecule has 1 amide bonds. The van der Waals surface area contributed by atoms with Gasteiger partial charge in [-0.2, -0.15) is 0 Å². The minimum absolute atomic E-state index is 0.0121. The van der Waals surface area contributed by atoms with Crippen molar-refractivity contribution in [1.29, 1.82) is 0 Å². The fraction of sp³-hybridized carbons (Fsp3) is 0.562. The van der Waals surface area contributed by atoms with Crippen molar-refractivity contribution in [1.82, 2.24) is 4.90 Å². The van der Waals surface area contributed by atoms with Gasteiger partial charge in [0.25, 0.3) is 5.91 Å². The summed E-state index contributed by atoms with van der Waals surface area (Å²) in [6.07, 6.45) is 1.12. The lowest BCUT2D eigenvalue weighted by Crippen LogP contribution is -2.48. The van der Waals surface area contributed by atoms with Crippen LogP contribution < -0.4 is 5.32 Å². The average molecular weight is 311 g/mol. The van der Waals surface area contributed by atoms with Gasteiger partial charge in [-0.25, -0.2) is 0 Å². The number of rotatable bonds is 4. The van der Waals surface area contributed by atoms with Crippen LogP contribution >= 0.6 is 11.6 Å². The lowest BCUT2D eigenvalue weighted by molar-refractivity contribution is -0.0585. The molecule has 1 aromatic rings. The zero-order valence-electron chi connectivity index (χ0n) is 12.9. The van der Waals surface area contributed by atoms with E-state index < -0.39 is 0 Å². The Morgan fingerprint density at radius 3 is 2.67 bits per heavy atom. The Hall–Kier alpha value is -1.26.